The molecule has 0 radical (unpaired) electrons. The van der Waals surface area contributed by atoms with E-state index in [9.17, 15) is 8.42 Å². The van der Waals surface area contributed by atoms with Crippen LogP contribution in [-0.2, 0) is 10.0 Å². The predicted octanol–water partition coefficient (Wildman–Crippen LogP) is 4.38. The van der Waals surface area contributed by atoms with Crippen LogP contribution in [0.25, 0.3) is 0 Å². The van der Waals surface area contributed by atoms with Crippen LogP contribution in [0.1, 0.15) is 37.2 Å². The Hall–Kier alpha value is -2.05. The second-order valence-electron chi connectivity index (χ2n) is 6.91. The molecule has 7 heteroatoms. The van der Waals surface area contributed by atoms with Crippen molar-refractivity contribution in [2.24, 2.45) is 4.40 Å². The second kappa shape index (κ2) is 8.76. The summed E-state index contributed by atoms with van der Waals surface area (Å²) >= 11 is 5.90. The highest BCUT2D eigenvalue weighted by Crippen LogP contribution is 2.32. The van der Waals surface area contributed by atoms with Crippen LogP contribution < -0.4 is 10.6 Å². The van der Waals surface area contributed by atoms with Crippen molar-refractivity contribution in [2.75, 3.05) is 11.6 Å². The Morgan fingerprint density at radius 2 is 1.63 bits per heavy atom. The first-order chi connectivity index (χ1) is 12.9. The van der Waals surface area contributed by atoms with Gasteiger partial charge in [-0.25, -0.2) is 8.42 Å². The van der Waals surface area contributed by atoms with E-state index >= 15 is 0 Å². The van der Waals surface area contributed by atoms with Gasteiger partial charge in [-0.2, -0.15) is 0 Å². The highest BCUT2D eigenvalue weighted by molar-refractivity contribution is 7.89. The molecular formula is C20H24ClN3O2S. The highest BCUT2D eigenvalue weighted by atomic mass is 35.5. The standard InChI is InChI=1S/C20H24ClN3O2S/c1-27(25,26)24-20(23-19-13-9-17(21)10-14-19)22-18-11-7-16(8-12-18)15-5-3-2-4-6-15/h2-6,9-10,13-14,16,18H,7-8,11-12H2,1H3,(H2,22,23,24)/t16-,18+. The zero-order valence-electron chi connectivity index (χ0n) is 15.2. The van der Waals surface area contributed by atoms with Gasteiger partial charge in [0.15, 0.2) is 0 Å². The third kappa shape index (κ3) is 6.26. The number of nitrogens with zero attached hydrogens (tertiary/aromatic N) is 1. The molecule has 0 saturated heterocycles. The SMILES string of the molecule is CS(=O)(=O)/N=C(\Nc1ccc(Cl)cc1)N[C@H]1CC[C@@H](c2ccccc2)CC1. The van der Waals surface area contributed by atoms with Crippen LogP contribution in [0.15, 0.2) is 59.0 Å². The summed E-state index contributed by atoms with van der Waals surface area (Å²) < 4.78 is 27.2. The molecule has 3 rings (SSSR count). The van der Waals surface area contributed by atoms with Crippen molar-refractivity contribution in [2.45, 2.75) is 37.6 Å². The average Bonchev–Trinajstić information content (AvgIpc) is 2.64. The number of halogens is 1. The number of guanidine groups is 1. The minimum absolute atomic E-state index is 0.185. The van der Waals surface area contributed by atoms with Crippen molar-refractivity contribution in [1.82, 2.24) is 5.32 Å². The summed E-state index contributed by atoms with van der Waals surface area (Å²) in [5.41, 5.74) is 2.10. The maximum atomic E-state index is 11.7. The van der Waals surface area contributed by atoms with Gasteiger partial charge in [0.25, 0.3) is 10.0 Å². The summed E-state index contributed by atoms with van der Waals surface area (Å²) in [4.78, 5) is 0. The Balaban J connectivity index is 1.64. The molecule has 2 aromatic rings. The molecule has 0 bridgehead atoms. The largest absolute Gasteiger partial charge is 0.352 e. The Bertz CT molecular complexity index is 875. The smallest absolute Gasteiger partial charge is 0.253 e. The van der Waals surface area contributed by atoms with E-state index in [1.807, 2.05) is 6.07 Å². The molecule has 0 amide bonds. The molecular weight excluding hydrogens is 382 g/mol. The first kappa shape index (κ1) is 19.7. The van der Waals surface area contributed by atoms with E-state index < -0.39 is 10.0 Å². The Morgan fingerprint density at radius 3 is 2.22 bits per heavy atom. The van der Waals surface area contributed by atoms with E-state index in [1.54, 1.807) is 24.3 Å². The molecule has 0 atom stereocenters. The van der Waals surface area contributed by atoms with Crippen LogP contribution in [0.5, 0.6) is 0 Å². The van der Waals surface area contributed by atoms with E-state index in [-0.39, 0.29) is 12.0 Å². The number of anilines is 1. The first-order valence-corrected chi connectivity index (χ1v) is 11.3. The number of rotatable bonds is 4. The summed E-state index contributed by atoms with van der Waals surface area (Å²) in [5, 5.41) is 6.95. The molecule has 1 aliphatic carbocycles. The molecule has 1 aliphatic rings. The van der Waals surface area contributed by atoms with Gasteiger partial charge < -0.3 is 10.6 Å². The quantitative estimate of drug-likeness (QED) is 0.584. The lowest BCUT2D eigenvalue weighted by atomic mass is 9.82. The molecule has 1 saturated carbocycles. The maximum absolute atomic E-state index is 11.7. The van der Waals surface area contributed by atoms with E-state index in [1.165, 1.54) is 5.56 Å². The zero-order valence-corrected chi connectivity index (χ0v) is 16.8. The fourth-order valence-corrected chi connectivity index (χ4v) is 3.97. The molecule has 144 valence electrons. The van der Waals surface area contributed by atoms with Gasteiger partial charge in [0.1, 0.15) is 0 Å². The molecule has 0 heterocycles. The summed E-state index contributed by atoms with van der Waals surface area (Å²) in [6, 6.07) is 17.8. The van der Waals surface area contributed by atoms with Gasteiger partial charge in [-0.3, -0.25) is 0 Å². The van der Waals surface area contributed by atoms with Gasteiger partial charge in [0.2, 0.25) is 5.96 Å². The van der Waals surface area contributed by atoms with Crippen LogP contribution in [0.4, 0.5) is 5.69 Å². The lowest BCUT2D eigenvalue weighted by Gasteiger charge is -2.30. The minimum Gasteiger partial charge on any atom is -0.352 e. The van der Waals surface area contributed by atoms with Crippen LogP contribution in [0.2, 0.25) is 5.02 Å². The average molecular weight is 406 g/mol. The minimum atomic E-state index is -3.52. The van der Waals surface area contributed by atoms with Crippen molar-refractivity contribution in [3.63, 3.8) is 0 Å². The topological polar surface area (TPSA) is 70.6 Å². The number of sulfonamides is 1. The molecule has 2 N–H and O–H groups in total. The van der Waals surface area contributed by atoms with Crippen molar-refractivity contribution >= 4 is 33.3 Å². The molecule has 1 fully saturated rings. The van der Waals surface area contributed by atoms with Gasteiger partial charge in [0, 0.05) is 16.8 Å². The zero-order chi connectivity index (χ0) is 19.3. The highest BCUT2D eigenvalue weighted by Gasteiger charge is 2.23. The molecule has 27 heavy (non-hydrogen) atoms. The first-order valence-electron chi connectivity index (χ1n) is 9.03. The van der Waals surface area contributed by atoms with Crippen LogP contribution >= 0.6 is 11.6 Å². The maximum Gasteiger partial charge on any atom is 0.253 e. The van der Waals surface area contributed by atoms with Crippen molar-refractivity contribution in [1.29, 1.82) is 0 Å². The monoisotopic (exact) mass is 405 g/mol. The Labute approximate surface area is 165 Å². The fourth-order valence-electron chi connectivity index (χ4n) is 3.41. The van der Waals surface area contributed by atoms with Gasteiger partial charge in [-0.05, 0) is 61.4 Å². The third-order valence-corrected chi connectivity index (χ3v) is 5.47. The lowest BCUT2D eigenvalue weighted by molar-refractivity contribution is 0.373. The summed E-state index contributed by atoms with van der Waals surface area (Å²) in [6.45, 7) is 0. The Morgan fingerprint density at radius 1 is 1.00 bits per heavy atom. The van der Waals surface area contributed by atoms with E-state index in [2.05, 4.69) is 39.3 Å². The molecule has 0 aromatic heterocycles. The van der Waals surface area contributed by atoms with Gasteiger partial charge in [0.05, 0.1) is 6.26 Å². The predicted molar refractivity (Wildman–Crippen MR) is 112 cm³/mol. The van der Waals surface area contributed by atoms with Gasteiger partial charge >= 0.3 is 0 Å². The van der Waals surface area contributed by atoms with E-state index in [0.717, 1.165) is 37.6 Å². The molecule has 0 spiro atoms. The summed E-state index contributed by atoms with van der Waals surface area (Å²) in [5.74, 6) is 0.812. The molecule has 0 unspecified atom stereocenters. The molecule has 2 aromatic carbocycles. The van der Waals surface area contributed by atoms with Crippen LogP contribution in [0.3, 0.4) is 0 Å². The number of nitrogens with one attached hydrogen (secondary N) is 2. The van der Waals surface area contributed by atoms with Crippen molar-refractivity contribution in [3.05, 3.63) is 65.2 Å². The summed E-state index contributed by atoms with van der Waals surface area (Å²) in [6.07, 6.45) is 5.14. The van der Waals surface area contributed by atoms with Crippen LogP contribution in [0, 0.1) is 0 Å². The van der Waals surface area contributed by atoms with Crippen molar-refractivity contribution in [3.8, 4) is 0 Å². The number of benzene rings is 2. The van der Waals surface area contributed by atoms with E-state index in [4.69, 9.17) is 11.6 Å². The number of hydrogen-bond donors (Lipinski definition) is 2. The van der Waals surface area contributed by atoms with E-state index in [0.29, 0.717) is 10.9 Å². The molecule has 0 aliphatic heterocycles. The molecule has 5 nitrogen and oxygen atoms in total. The normalized spacial score (nSPS) is 20.9. The van der Waals surface area contributed by atoms with Gasteiger partial charge in [-0.15, -0.1) is 4.40 Å². The third-order valence-electron chi connectivity index (χ3n) is 4.70. The summed E-state index contributed by atoms with van der Waals surface area (Å²) in [7, 11) is -3.52. The fraction of sp³-hybridized carbons (Fsp3) is 0.350. The second-order valence-corrected chi connectivity index (χ2v) is 8.99. The van der Waals surface area contributed by atoms with Crippen molar-refractivity contribution < 1.29 is 8.42 Å². The Kier molecular flexibility index (Phi) is 6.39. The van der Waals surface area contributed by atoms with Crippen LogP contribution in [-0.4, -0.2) is 26.7 Å². The lowest BCUT2D eigenvalue weighted by Crippen LogP contribution is -2.41. The van der Waals surface area contributed by atoms with Gasteiger partial charge in [-0.1, -0.05) is 41.9 Å². The number of hydrogen-bond acceptors (Lipinski definition) is 2.